The Morgan fingerprint density at radius 3 is 3.09 bits per heavy atom. The van der Waals surface area contributed by atoms with Crippen LogP contribution in [-0.4, -0.2) is 26.7 Å². The highest BCUT2D eigenvalue weighted by Gasteiger charge is 2.23. The second-order valence-electron chi connectivity index (χ2n) is 5.33. The molecule has 0 aliphatic carbocycles. The van der Waals surface area contributed by atoms with Crippen LogP contribution in [0.1, 0.15) is 23.0 Å². The number of rotatable bonds is 2. The minimum Gasteiger partial charge on any atom is -0.461 e. The Morgan fingerprint density at radius 2 is 2.26 bits per heavy atom. The predicted octanol–water partition coefficient (Wildman–Crippen LogP) is 3.53. The van der Waals surface area contributed by atoms with Crippen molar-refractivity contribution in [3.63, 3.8) is 0 Å². The molecule has 0 radical (unpaired) electrons. The van der Waals surface area contributed by atoms with Gasteiger partial charge in [0.05, 0.1) is 18.0 Å². The van der Waals surface area contributed by atoms with Crippen molar-refractivity contribution >= 4 is 17.6 Å². The SMILES string of the molecule is CCOC(=O)c1cn2c(n1)-c1cccn1Cc1cc(Cl)ccc1-2. The zero-order valence-corrected chi connectivity index (χ0v) is 13.2. The van der Waals surface area contributed by atoms with Gasteiger partial charge in [0, 0.05) is 24.0 Å². The fourth-order valence-corrected chi connectivity index (χ4v) is 3.10. The van der Waals surface area contributed by atoms with E-state index in [9.17, 15) is 4.79 Å². The third-order valence-electron chi connectivity index (χ3n) is 3.89. The van der Waals surface area contributed by atoms with Crippen LogP contribution in [0.25, 0.3) is 17.2 Å². The molecule has 0 saturated carbocycles. The van der Waals surface area contributed by atoms with Crippen molar-refractivity contribution in [2.75, 3.05) is 6.61 Å². The molecule has 0 amide bonds. The van der Waals surface area contributed by atoms with E-state index in [1.807, 2.05) is 41.1 Å². The van der Waals surface area contributed by atoms with E-state index < -0.39 is 5.97 Å². The summed E-state index contributed by atoms with van der Waals surface area (Å²) in [6, 6.07) is 9.69. The van der Waals surface area contributed by atoms with Crippen molar-refractivity contribution in [2.24, 2.45) is 0 Å². The number of aromatic nitrogens is 3. The van der Waals surface area contributed by atoms with Gasteiger partial charge in [-0.3, -0.25) is 4.57 Å². The molecular formula is C17H14ClN3O2. The fraction of sp³-hybridized carbons (Fsp3) is 0.176. The quantitative estimate of drug-likeness (QED) is 0.529. The summed E-state index contributed by atoms with van der Waals surface area (Å²) < 4.78 is 9.09. The standard InChI is InChI=1S/C17H14ClN3O2/c1-2-23-17(22)13-10-21-14-6-5-12(18)8-11(14)9-20-7-3-4-15(20)16(21)19-13/h3-8,10H,2,9H2,1H3. The van der Waals surface area contributed by atoms with E-state index >= 15 is 0 Å². The number of halogens is 1. The number of esters is 1. The van der Waals surface area contributed by atoms with Crippen molar-refractivity contribution in [3.05, 3.63) is 59.0 Å². The van der Waals surface area contributed by atoms with Crippen LogP contribution in [0, 0.1) is 0 Å². The van der Waals surface area contributed by atoms with Crippen LogP contribution >= 0.6 is 11.6 Å². The molecular weight excluding hydrogens is 314 g/mol. The Bertz CT molecular complexity index is 910. The molecule has 3 heterocycles. The lowest BCUT2D eigenvalue weighted by molar-refractivity contribution is 0.0520. The topological polar surface area (TPSA) is 49.1 Å². The molecule has 0 bridgehead atoms. The first-order valence-corrected chi connectivity index (χ1v) is 7.76. The van der Waals surface area contributed by atoms with Crippen molar-refractivity contribution in [1.29, 1.82) is 0 Å². The van der Waals surface area contributed by atoms with Gasteiger partial charge in [0.1, 0.15) is 0 Å². The Labute approximate surface area is 138 Å². The van der Waals surface area contributed by atoms with Gasteiger partial charge in [-0.15, -0.1) is 0 Å². The van der Waals surface area contributed by atoms with E-state index in [2.05, 4.69) is 9.55 Å². The second kappa shape index (κ2) is 5.28. The molecule has 23 heavy (non-hydrogen) atoms. The summed E-state index contributed by atoms with van der Waals surface area (Å²) in [5.74, 6) is 0.306. The molecule has 4 rings (SSSR count). The number of carbonyl (C=O) groups excluding carboxylic acids is 1. The zero-order chi connectivity index (χ0) is 16.0. The van der Waals surface area contributed by atoms with E-state index in [0.717, 1.165) is 22.8 Å². The number of hydrogen-bond donors (Lipinski definition) is 0. The highest BCUT2D eigenvalue weighted by atomic mass is 35.5. The summed E-state index contributed by atoms with van der Waals surface area (Å²) in [7, 11) is 0. The maximum absolute atomic E-state index is 12.0. The molecule has 1 aromatic carbocycles. The molecule has 1 aliphatic heterocycles. The summed E-state index contributed by atoms with van der Waals surface area (Å²) in [5.41, 5.74) is 3.29. The van der Waals surface area contributed by atoms with Gasteiger partial charge < -0.3 is 9.30 Å². The number of fused-ring (bicyclic) bond motifs is 5. The average Bonchev–Trinajstić information content (AvgIpc) is 3.12. The summed E-state index contributed by atoms with van der Waals surface area (Å²) >= 11 is 6.15. The van der Waals surface area contributed by atoms with Gasteiger partial charge in [0.15, 0.2) is 11.5 Å². The van der Waals surface area contributed by atoms with Gasteiger partial charge >= 0.3 is 5.97 Å². The molecule has 0 spiro atoms. The van der Waals surface area contributed by atoms with Crippen molar-refractivity contribution in [2.45, 2.75) is 13.5 Å². The van der Waals surface area contributed by atoms with Crippen LogP contribution in [0.3, 0.4) is 0 Å². The first kappa shape index (κ1) is 14.1. The van der Waals surface area contributed by atoms with E-state index in [0.29, 0.717) is 23.9 Å². The normalized spacial score (nSPS) is 12.1. The third kappa shape index (κ3) is 2.24. The van der Waals surface area contributed by atoms with Gasteiger partial charge in [0.25, 0.3) is 0 Å². The fourth-order valence-electron chi connectivity index (χ4n) is 2.90. The minimum atomic E-state index is -0.415. The Morgan fingerprint density at radius 1 is 1.39 bits per heavy atom. The van der Waals surface area contributed by atoms with Crippen LogP contribution in [0.4, 0.5) is 0 Å². The van der Waals surface area contributed by atoms with E-state index in [1.54, 1.807) is 13.1 Å². The lowest BCUT2D eigenvalue weighted by atomic mass is 10.1. The van der Waals surface area contributed by atoms with Crippen LogP contribution in [0.15, 0.2) is 42.7 Å². The van der Waals surface area contributed by atoms with Crippen molar-refractivity contribution in [3.8, 4) is 17.2 Å². The number of imidazole rings is 1. The molecule has 116 valence electrons. The van der Waals surface area contributed by atoms with Crippen molar-refractivity contribution in [1.82, 2.24) is 14.1 Å². The average molecular weight is 328 g/mol. The first-order chi connectivity index (χ1) is 11.2. The van der Waals surface area contributed by atoms with E-state index in [1.165, 1.54) is 0 Å². The lowest BCUT2D eigenvalue weighted by Gasteiger charge is -2.09. The highest BCUT2D eigenvalue weighted by Crippen LogP contribution is 2.31. The molecule has 3 aromatic rings. The van der Waals surface area contributed by atoms with Gasteiger partial charge in [-0.05, 0) is 42.8 Å². The smallest absolute Gasteiger partial charge is 0.358 e. The number of carbonyl (C=O) groups is 1. The van der Waals surface area contributed by atoms with Crippen LogP contribution < -0.4 is 0 Å². The molecule has 0 fully saturated rings. The molecule has 0 saturated heterocycles. The van der Waals surface area contributed by atoms with Gasteiger partial charge in [-0.25, -0.2) is 9.78 Å². The summed E-state index contributed by atoms with van der Waals surface area (Å²) in [5, 5.41) is 0.687. The Hall–Kier alpha value is -2.53. The first-order valence-electron chi connectivity index (χ1n) is 7.38. The van der Waals surface area contributed by atoms with E-state index in [-0.39, 0.29) is 0 Å². The molecule has 5 nitrogen and oxygen atoms in total. The summed E-state index contributed by atoms with van der Waals surface area (Å²) in [4.78, 5) is 16.5. The van der Waals surface area contributed by atoms with Gasteiger partial charge in [0.2, 0.25) is 0 Å². The number of benzene rings is 1. The van der Waals surface area contributed by atoms with Crippen LogP contribution in [-0.2, 0) is 11.3 Å². The molecule has 1 aliphatic rings. The minimum absolute atomic E-state index is 0.303. The van der Waals surface area contributed by atoms with E-state index in [4.69, 9.17) is 16.3 Å². The number of nitrogens with zero attached hydrogens (tertiary/aromatic N) is 3. The van der Waals surface area contributed by atoms with Crippen molar-refractivity contribution < 1.29 is 9.53 Å². The second-order valence-corrected chi connectivity index (χ2v) is 5.77. The number of hydrogen-bond acceptors (Lipinski definition) is 3. The molecule has 0 unspecified atom stereocenters. The van der Waals surface area contributed by atoms with Crippen LogP contribution in [0.2, 0.25) is 5.02 Å². The highest BCUT2D eigenvalue weighted by molar-refractivity contribution is 6.30. The third-order valence-corrected chi connectivity index (χ3v) is 4.13. The zero-order valence-electron chi connectivity index (χ0n) is 12.5. The lowest BCUT2D eigenvalue weighted by Crippen LogP contribution is -2.05. The Balaban J connectivity index is 1.96. The molecule has 0 atom stereocenters. The van der Waals surface area contributed by atoms with Gasteiger partial charge in [-0.1, -0.05) is 11.6 Å². The maximum Gasteiger partial charge on any atom is 0.358 e. The predicted molar refractivity (Wildman–Crippen MR) is 87.1 cm³/mol. The molecule has 2 aromatic heterocycles. The molecule has 0 N–H and O–H groups in total. The van der Waals surface area contributed by atoms with Crippen LogP contribution in [0.5, 0.6) is 0 Å². The maximum atomic E-state index is 12.0. The monoisotopic (exact) mass is 327 g/mol. The largest absolute Gasteiger partial charge is 0.461 e. The molecule has 6 heteroatoms. The summed E-state index contributed by atoms with van der Waals surface area (Å²) in [6.07, 6.45) is 3.72. The number of ether oxygens (including phenoxy) is 1. The van der Waals surface area contributed by atoms with Gasteiger partial charge in [-0.2, -0.15) is 0 Å². The Kier molecular flexibility index (Phi) is 3.23. The summed E-state index contributed by atoms with van der Waals surface area (Å²) in [6.45, 7) is 2.81.